The molecule has 0 spiro atoms. The Hall–Kier alpha value is -6.70. The number of hydrogen-bond donors (Lipinski definition) is 0. The van der Waals surface area contributed by atoms with Crippen molar-refractivity contribution in [2.45, 2.75) is 5.41 Å². The molecule has 244 valence electrons. The first-order chi connectivity index (χ1) is 25.8. The summed E-state index contributed by atoms with van der Waals surface area (Å²) in [6, 6.07) is 77.8. The average molecular weight is 662 g/mol. The van der Waals surface area contributed by atoms with E-state index in [1.54, 1.807) is 0 Å². The minimum absolute atomic E-state index is 0.444. The second-order valence-corrected chi connectivity index (χ2v) is 13.7. The normalized spacial score (nSPS) is 12.8. The van der Waals surface area contributed by atoms with Gasteiger partial charge in [-0.15, -0.1) is 0 Å². The van der Waals surface area contributed by atoms with Crippen molar-refractivity contribution >= 4 is 38.6 Å². The maximum Gasteiger partial charge on any atom is 0.0713 e. The molecule has 0 heterocycles. The zero-order valence-electron chi connectivity index (χ0n) is 28.7. The molecule has 0 amide bonds. The molecule has 9 aromatic rings. The van der Waals surface area contributed by atoms with Gasteiger partial charge in [-0.25, -0.2) is 0 Å². The van der Waals surface area contributed by atoms with Crippen LogP contribution in [0.5, 0.6) is 0 Å². The molecule has 0 fully saturated rings. The van der Waals surface area contributed by atoms with E-state index >= 15 is 0 Å². The highest BCUT2D eigenvalue weighted by atomic mass is 15.1. The van der Waals surface area contributed by atoms with Crippen LogP contribution in [0.4, 0.5) is 17.1 Å². The van der Waals surface area contributed by atoms with Gasteiger partial charge in [0.15, 0.2) is 0 Å². The summed E-state index contributed by atoms with van der Waals surface area (Å²) in [7, 11) is 0. The molecule has 0 aliphatic heterocycles. The van der Waals surface area contributed by atoms with Crippen LogP contribution in [0.25, 0.3) is 43.8 Å². The summed E-state index contributed by atoms with van der Waals surface area (Å²) in [5.74, 6) is 0. The number of rotatable bonds is 6. The Balaban J connectivity index is 1.21. The number of benzene rings is 9. The van der Waals surface area contributed by atoms with Gasteiger partial charge in [0.25, 0.3) is 0 Å². The van der Waals surface area contributed by atoms with E-state index in [0.717, 1.165) is 17.1 Å². The second-order valence-electron chi connectivity index (χ2n) is 13.7. The molecule has 52 heavy (non-hydrogen) atoms. The van der Waals surface area contributed by atoms with Gasteiger partial charge in [-0.3, -0.25) is 0 Å². The SMILES string of the molecule is c1ccc(-c2cccc(N(c3ccc(C4(c5ccccc5)c5ccccc5-c5ccccc54)cc3)c3cc4ccccc4c4ccccc34)c2)cc1. The van der Waals surface area contributed by atoms with Gasteiger partial charge in [0.05, 0.1) is 11.1 Å². The van der Waals surface area contributed by atoms with Crippen molar-refractivity contribution in [1.82, 2.24) is 0 Å². The van der Waals surface area contributed by atoms with Crippen molar-refractivity contribution in [1.29, 1.82) is 0 Å². The molecular formula is C51H35N. The maximum atomic E-state index is 2.44. The zero-order valence-corrected chi connectivity index (χ0v) is 28.7. The molecule has 10 rings (SSSR count). The largest absolute Gasteiger partial charge is 0.310 e. The van der Waals surface area contributed by atoms with Crippen molar-refractivity contribution in [3.63, 3.8) is 0 Å². The Morgan fingerprint density at radius 2 is 0.865 bits per heavy atom. The van der Waals surface area contributed by atoms with Gasteiger partial charge in [-0.05, 0) is 91.0 Å². The lowest BCUT2D eigenvalue weighted by molar-refractivity contribution is 0.768. The van der Waals surface area contributed by atoms with Crippen LogP contribution in [0.3, 0.4) is 0 Å². The molecule has 0 radical (unpaired) electrons. The minimum Gasteiger partial charge on any atom is -0.310 e. The highest BCUT2D eigenvalue weighted by Crippen LogP contribution is 2.56. The highest BCUT2D eigenvalue weighted by molar-refractivity contribution is 6.14. The van der Waals surface area contributed by atoms with Crippen molar-refractivity contribution < 1.29 is 0 Å². The fourth-order valence-corrected chi connectivity index (χ4v) is 8.67. The average Bonchev–Trinajstić information content (AvgIpc) is 3.53. The fourth-order valence-electron chi connectivity index (χ4n) is 8.67. The van der Waals surface area contributed by atoms with Crippen LogP contribution >= 0.6 is 0 Å². The van der Waals surface area contributed by atoms with Gasteiger partial charge in [-0.1, -0.05) is 182 Å². The predicted octanol–water partition coefficient (Wildman–Crippen LogP) is 13.5. The lowest BCUT2D eigenvalue weighted by atomic mass is 9.68. The molecule has 1 aliphatic rings. The first-order valence-corrected chi connectivity index (χ1v) is 18.0. The summed E-state index contributed by atoms with van der Waals surface area (Å²) in [5, 5.41) is 4.95. The summed E-state index contributed by atoms with van der Waals surface area (Å²) in [4.78, 5) is 2.44. The Morgan fingerprint density at radius 3 is 1.58 bits per heavy atom. The van der Waals surface area contributed by atoms with Gasteiger partial charge >= 0.3 is 0 Å². The van der Waals surface area contributed by atoms with E-state index in [0.29, 0.717) is 0 Å². The van der Waals surface area contributed by atoms with E-state index in [1.165, 1.54) is 66.1 Å². The minimum atomic E-state index is -0.444. The van der Waals surface area contributed by atoms with Crippen molar-refractivity contribution in [2.24, 2.45) is 0 Å². The smallest absolute Gasteiger partial charge is 0.0713 e. The molecule has 9 aromatic carbocycles. The monoisotopic (exact) mass is 661 g/mol. The zero-order chi connectivity index (χ0) is 34.5. The quantitative estimate of drug-likeness (QED) is 0.160. The van der Waals surface area contributed by atoms with E-state index in [9.17, 15) is 0 Å². The number of hydrogen-bond acceptors (Lipinski definition) is 1. The van der Waals surface area contributed by atoms with Gasteiger partial charge < -0.3 is 4.90 Å². The van der Waals surface area contributed by atoms with E-state index in [2.05, 4.69) is 217 Å². The Labute approximate surface area is 304 Å². The van der Waals surface area contributed by atoms with E-state index in [-0.39, 0.29) is 0 Å². The summed E-state index contributed by atoms with van der Waals surface area (Å²) >= 11 is 0. The molecule has 0 saturated carbocycles. The first kappa shape index (κ1) is 30.2. The first-order valence-electron chi connectivity index (χ1n) is 18.0. The highest BCUT2D eigenvalue weighted by Gasteiger charge is 2.45. The number of nitrogens with zero attached hydrogens (tertiary/aromatic N) is 1. The van der Waals surface area contributed by atoms with Crippen LogP contribution in [0, 0.1) is 0 Å². The molecule has 0 unspecified atom stereocenters. The van der Waals surface area contributed by atoms with Crippen LogP contribution < -0.4 is 4.90 Å². The van der Waals surface area contributed by atoms with Crippen LogP contribution in [-0.2, 0) is 5.41 Å². The molecule has 0 aromatic heterocycles. The second kappa shape index (κ2) is 12.3. The molecule has 0 saturated heterocycles. The van der Waals surface area contributed by atoms with Gasteiger partial charge in [0.1, 0.15) is 0 Å². The van der Waals surface area contributed by atoms with E-state index < -0.39 is 5.41 Å². The third-order valence-corrected chi connectivity index (χ3v) is 10.9. The van der Waals surface area contributed by atoms with Gasteiger partial charge in [0.2, 0.25) is 0 Å². The molecular weight excluding hydrogens is 627 g/mol. The lowest BCUT2D eigenvalue weighted by Gasteiger charge is -2.34. The van der Waals surface area contributed by atoms with Crippen LogP contribution in [0.1, 0.15) is 22.3 Å². The number of anilines is 3. The molecule has 0 bridgehead atoms. The lowest BCUT2D eigenvalue weighted by Crippen LogP contribution is -2.28. The summed E-state index contributed by atoms with van der Waals surface area (Å²) < 4.78 is 0. The Morgan fingerprint density at radius 1 is 0.327 bits per heavy atom. The van der Waals surface area contributed by atoms with Crippen LogP contribution in [-0.4, -0.2) is 0 Å². The van der Waals surface area contributed by atoms with Crippen molar-refractivity contribution in [2.75, 3.05) is 4.90 Å². The molecule has 1 nitrogen and oxygen atoms in total. The number of fused-ring (bicyclic) bond motifs is 6. The van der Waals surface area contributed by atoms with Crippen molar-refractivity contribution in [3.05, 3.63) is 235 Å². The summed E-state index contributed by atoms with van der Waals surface area (Å²) in [5.41, 5.74) is 13.1. The Kier molecular flexibility index (Phi) is 7.11. The predicted molar refractivity (Wildman–Crippen MR) is 219 cm³/mol. The van der Waals surface area contributed by atoms with Gasteiger partial charge in [0, 0.05) is 16.8 Å². The summed E-state index contributed by atoms with van der Waals surface area (Å²) in [6.07, 6.45) is 0. The van der Waals surface area contributed by atoms with Gasteiger partial charge in [-0.2, -0.15) is 0 Å². The Bertz CT molecular complexity index is 2680. The molecule has 0 N–H and O–H groups in total. The molecule has 1 heteroatoms. The third kappa shape index (κ3) is 4.63. The third-order valence-electron chi connectivity index (χ3n) is 10.9. The van der Waals surface area contributed by atoms with Crippen molar-refractivity contribution in [3.8, 4) is 22.3 Å². The molecule has 0 atom stereocenters. The summed E-state index contributed by atoms with van der Waals surface area (Å²) in [6.45, 7) is 0. The maximum absolute atomic E-state index is 2.44. The molecule has 1 aliphatic carbocycles. The standard InChI is InChI=1S/C51H35N/c1-3-16-36(17-4-1)37-19-15-22-42(34-37)52(50-35-38-18-7-8-23-43(38)44-24-9-10-27-47(44)50)41-32-30-40(31-33-41)51(39-20-5-2-6-21-39)48-28-13-11-25-45(48)46-26-12-14-29-49(46)51/h1-35H. The van der Waals surface area contributed by atoms with Crippen LogP contribution in [0.15, 0.2) is 212 Å². The topological polar surface area (TPSA) is 3.24 Å². The van der Waals surface area contributed by atoms with Crippen LogP contribution in [0.2, 0.25) is 0 Å². The fraction of sp³-hybridized carbons (Fsp3) is 0.0196. The van der Waals surface area contributed by atoms with E-state index in [4.69, 9.17) is 0 Å². The van der Waals surface area contributed by atoms with E-state index in [1.807, 2.05) is 0 Å².